The molecule has 0 bridgehead atoms. The largest absolute Gasteiger partial charge is 0.412 e. The van der Waals surface area contributed by atoms with Crippen LogP contribution >= 0.6 is 12.4 Å². The SMILES string of the molecule is CC1CCCN1CC[B]c1ccccc1.Cl.O.O. The fraction of sp³-hybridized carbons (Fsp3) is 0.538. The number of rotatable bonds is 4. The molecule has 0 saturated carbocycles. The zero-order valence-corrected chi connectivity index (χ0v) is 11.7. The molecule has 3 nitrogen and oxygen atoms in total. The fourth-order valence-electron chi connectivity index (χ4n) is 2.31. The molecular weight excluding hydrogens is 248 g/mol. The Hall–Kier alpha value is -0.545. The molecule has 1 saturated heterocycles. The van der Waals surface area contributed by atoms with E-state index in [1.54, 1.807) is 0 Å². The third kappa shape index (κ3) is 5.87. The van der Waals surface area contributed by atoms with Crippen LogP contribution < -0.4 is 5.46 Å². The quantitative estimate of drug-likeness (QED) is 0.744. The number of hydrogen-bond donors (Lipinski definition) is 0. The Morgan fingerprint density at radius 2 is 1.89 bits per heavy atom. The minimum atomic E-state index is 0. The van der Waals surface area contributed by atoms with Crippen molar-refractivity contribution in [3.05, 3.63) is 30.3 Å². The molecule has 4 N–H and O–H groups in total. The predicted octanol–water partition coefficient (Wildman–Crippen LogP) is 0.691. The number of halogens is 1. The molecule has 1 aromatic rings. The molecule has 0 spiro atoms. The third-order valence-corrected chi connectivity index (χ3v) is 3.29. The Balaban J connectivity index is 0. The van der Waals surface area contributed by atoms with E-state index in [1.165, 1.54) is 37.7 Å². The van der Waals surface area contributed by atoms with Crippen molar-refractivity contribution in [2.75, 3.05) is 13.1 Å². The second-order valence-electron chi connectivity index (χ2n) is 4.43. The summed E-state index contributed by atoms with van der Waals surface area (Å²) < 4.78 is 0. The molecule has 0 amide bonds. The maximum Gasteiger partial charge on any atom is 0.152 e. The number of hydrogen-bond acceptors (Lipinski definition) is 1. The van der Waals surface area contributed by atoms with Crippen LogP contribution in [0.25, 0.3) is 0 Å². The summed E-state index contributed by atoms with van der Waals surface area (Å²) in [6.45, 7) is 4.86. The van der Waals surface area contributed by atoms with Gasteiger partial charge in [0.25, 0.3) is 0 Å². The van der Waals surface area contributed by atoms with Gasteiger partial charge in [-0.05, 0) is 32.9 Å². The van der Waals surface area contributed by atoms with Crippen LogP contribution in [0.4, 0.5) is 0 Å². The Bertz CT molecular complexity index is 300. The second-order valence-corrected chi connectivity index (χ2v) is 4.43. The highest BCUT2D eigenvalue weighted by Gasteiger charge is 2.18. The smallest absolute Gasteiger partial charge is 0.152 e. The summed E-state index contributed by atoms with van der Waals surface area (Å²) in [4.78, 5) is 2.60. The summed E-state index contributed by atoms with van der Waals surface area (Å²) in [7, 11) is 2.34. The Labute approximate surface area is 117 Å². The van der Waals surface area contributed by atoms with Gasteiger partial charge in [-0.15, -0.1) is 12.4 Å². The summed E-state index contributed by atoms with van der Waals surface area (Å²) in [5.41, 5.74) is 1.35. The van der Waals surface area contributed by atoms with Crippen molar-refractivity contribution in [3.63, 3.8) is 0 Å². The Kier molecular flexibility index (Phi) is 11.4. The van der Waals surface area contributed by atoms with E-state index in [0.717, 1.165) is 6.04 Å². The van der Waals surface area contributed by atoms with Gasteiger partial charge in [-0.2, -0.15) is 0 Å². The first-order valence-corrected chi connectivity index (χ1v) is 5.98. The molecule has 1 unspecified atom stereocenters. The van der Waals surface area contributed by atoms with E-state index in [1.807, 2.05) is 0 Å². The highest BCUT2D eigenvalue weighted by molar-refractivity contribution is 6.53. The van der Waals surface area contributed by atoms with Crippen LogP contribution in [-0.2, 0) is 0 Å². The highest BCUT2D eigenvalue weighted by Crippen LogP contribution is 2.15. The molecule has 18 heavy (non-hydrogen) atoms. The van der Waals surface area contributed by atoms with E-state index in [4.69, 9.17) is 0 Å². The zero-order chi connectivity index (χ0) is 10.5. The van der Waals surface area contributed by atoms with Gasteiger partial charge in [0.15, 0.2) is 7.28 Å². The molecule has 1 aliphatic rings. The lowest BCUT2D eigenvalue weighted by atomic mass is 9.67. The van der Waals surface area contributed by atoms with Gasteiger partial charge in [0.1, 0.15) is 0 Å². The van der Waals surface area contributed by atoms with Gasteiger partial charge in [-0.25, -0.2) is 0 Å². The molecule has 5 heteroatoms. The minimum absolute atomic E-state index is 0. The first-order valence-electron chi connectivity index (χ1n) is 5.98. The van der Waals surface area contributed by atoms with Crippen molar-refractivity contribution in [3.8, 4) is 0 Å². The van der Waals surface area contributed by atoms with Crippen LogP contribution in [0.5, 0.6) is 0 Å². The van der Waals surface area contributed by atoms with Crippen molar-refractivity contribution >= 4 is 25.1 Å². The van der Waals surface area contributed by atoms with E-state index in [9.17, 15) is 0 Å². The molecule has 1 fully saturated rings. The maximum atomic E-state index is 2.60. The topological polar surface area (TPSA) is 66.2 Å². The normalized spacial score (nSPS) is 18.2. The molecule has 1 radical (unpaired) electrons. The Morgan fingerprint density at radius 1 is 1.22 bits per heavy atom. The zero-order valence-electron chi connectivity index (χ0n) is 10.9. The van der Waals surface area contributed by atoms with Crippen molar-refractivity contribution in [2.24, 2.45) is 0 Å². The molecule has 1 aliphatic heterocycles. The predicted molar refractivity (Wildman–Crippen MR) is 81.4 cm³/mol. The lowest BCUT2D eigenvalue weighted by Gasteiger charge is -2.20. The van der Waals surface area contributed by atoms with Gasteiger partial charge < -0.3 is 15.9 Å². The van der Waals surface area contributed by atoms with Crippen LogP contribution in [0.3, 0.4) is 0 Å². The molecule has 0 aromatic heterocycles. The summed E-state index contributed by atoms with van der Waals surface area (Å²) in [6, 6.07) is 11.4. The lowest BCUT2D eigenvalue weighted by molar-refractivity contribution is 0.284. The molecule has 2 rings (SSSR count). The van der Waals surface area contributed by atoms with E-state index < -0.39 is 0 Å². The highest BCUT2D eigenvalue weighted by atomic mass is 35.5. The standard InChI is InChI=1S/C13H19BN.ClH.2H2O/c1-12-6-5-10-15(12)11-9-14-13-7-3-2-4-8-13;;;/h2-4,7-8,12H,5-6,9-11H2,1H3;1H;2*1H2. The first kappa shape index (κ1) is 19.8. The van der Waals surface area contributed by atoms with Crippen molar-refractivity contribution < 1.29 is 11.0 Å². The maximum absolute atomic E-state index is 2.60. The second kappa shape index (κ2) is 10.4. The van der Waals surface area contributed by atoms with E-state index in [2.05, 4.69) is 49.4 Å². The molecule has 1 aromatic carbocycles. The first-order chi connectivity index (χ1) is 7.36. The molecule has 103 valence electrons. The average molecular weight is 273 g/mol. The van der Waals surface area contributed by atoms with Crippen molar-refractivity contribution in [1.82, 2.24) is 4.90 Å². The van der Waals surface area contributed by atoms with Gasteiger partial charge in [0.05, 0.1) is 0 Å². The average Bonchev–Trinajstić information content (AvgIpc) is 2.66. The van der Waals surface area contributed by atoms with E-state index in [-0.39, 0.29) is 23.4 Å². The monoisotopic (exact) mass is 272 g/mol. The van der Waals surface area contributed by atoms with Crippen LogP contribution in [0.1, 0.15) is 19.8 Å². The summed E-state index contributed by atoms with van der Waals surface area (Å²) in [6.07, 6.45) is 3.94. The van der Waals surface area contributed by atoms with E-state index >= 15 is 0 Å². The molecule has 0 aliphatic carbocycles. The summed E-state index contributed by atoms with van der Waals surface area (Å²) >= 11 is 0. The number of likely N-dealkylation sites (tertiary alicyclic amines) is 1. The van der Waals surface area contributed by atoms with Crippen LogP contribution in [-0.4, -0.2) is 42.3 Å². The van der Waals surface area contributed by atoms with E-state index in [0.29, 0.717) is 0 Å². The van der Waals surface area contributed by atoms with Gasteiger partial charge in [-0.1, -0.05) is 42.1 Å². The summed E-state index contributed by atoms with van der Waals surface area (Å²) in [5.74, 6) is 0. The van der Waals surface area contributed by atoms with Crippen LogP contribution in [0.15, 0.2) is 30.3 Å². The van der Waals surface area contributed by atoms with Crippen LogP contribution in [0, 0.1) is 0 Å². The minimum Gasteiger partial charge on any atom is -0.412 e. The van der Waals surface area contributed by atoms with Gasteiger partial charge in [0.2, 0.25) is 0 Å². The Morgan fingerprint density at radius 3 is 2.44 bits per heavy atom. The van der Waals surface area contributed by atoms with Crippen molar-refractivity contribution in [1.29, 1.82) is 0 Å². The van der Waals surface area contributed by atoms with Gasteiger partial charge in [0, 0.05) is 6.04 Å². The lowest BCUT2D eigenvalue weighted by Crippen LogP contribution is -2.29. The molecule has 1 heterocycles. The molecular formula is C13H24BClNO2. The van der Waals surface area contributed by atoms with Crippen LogP contribution in [0.2, 0.25) is 6.32 Å². The number of benzene rings is 1. The fourth-order valence-corrected chi connectivity index (χ4v) is 2.31. The molecule has 1 atom stereocenters. The summed E-state index contributed by atoms with van der Waals surface area (Å²) in [5, 5.41) is 0. The van der Waals surface area contributed by atoms with Gasteiger partial charge >= 0.3 is 0 Å². The van der Waals surface area contributed by atoms with Gasteiger partial charge in [-0.3, -0.25) is 0 Å². The third-order valence-electron chi connectivity index (χ3n) is 3.29. The van der Waals surface area contributed by atoms with Crippen molar-refractivity contribution in [2.45, 2.75) is 32.1 Å². The number of nitrogens with zero attached hydrogens (tertiary/aromatic N) is 1.